The van der Waals surface area contributed by atoms with E-state index in [9.17, 15) is 4.79 Å². The summed E-state index contributed by atoms with van der Waals surface area (Å²) in [5.41, 5.74) is 1.46. The summed E-state index contributed by atoms with van der Waals surface area (Å²) >= 11 is 3.33. The van der Waals surface area contributed by atoms with E-state index in [1.165, 1.54) is 0 Å². The Morgan fingerprint density at radius 2 is 2.46 bits per heavy atom. The van der Waals surface area contributed by atoms with Gasteiger partial charge in [-0.3, -0.25) is 4.79 Å². The third-order valence-corrected chi connectivity index (χ3v) is 2.30. The molecule has 68 valence electrons. The molecule has 0 radical (unpaired) electrons. The second-order valence-electron chi connectivity index (χ2n) is 2.76. The van der Waals surface area contributed by atoms with Gasteiger partial charge in [-0.15, -0.1) is 0 Å². The lowest BCUT2D eigenvalue weighted by Gasteiger charge is -2.18. The second kappa shape index (κ2) is 2.99. The molecule has 0 fully saturated rings. The molecule has 0 aromatic carbocycles. The summed E-state index contributed by atoms with van der Waals surface area (Å²) in [5.74, 6) is 0.324. The minimum atomic E-state index is -0.154. The van der Waals surface area contributed by atoms with Crippen molar-refractivity contribution >= 4 is 27.5 Å². The maximum absolute atomic E-state index is 11.0. The van der Waals surface area contributed by atoms with E-state index >= 15 is 0 Å². The molecule has 2 heterocycles. The summed E-state index contributed by atoms with van der Waals surface area (Å²) in [6.45, 7) is 1.90. The fraction of sp³-hybridized carbons (Fsp3) is 0.250. The van der Waals surface area contributed by atoms with Crippen molar-refractivity contribution < 1.29 is 9.53 Å². The molecule has 1 N–H and O–H groups in total. The van der Waals surface area contributed by atoms with Crippen molar-refractivity contribution in [3.63, 3.8) is 0 Å². The van der Waals surface area contributed by atoms with Crippen LogP contribution in [0.1, 0.15) is 5.69 Å². The number of aromatic nitrogens is 1. The molecule has 5 heteroatoms. The Kier molecular flexibility index (Phi) is 1.95. The molecule has 0 spiro atoms. The third-order valence-electron chi connectivity index (χ3n) is 1.67. The Morgan fingerprint density at radius 1 is 1.69 bits per heavy atom. The summed E-state index contributed by atoms with van der Waals surface area (Å²) in [6.07, 6.45) is 0. The van der Waals surface area contributed by atoms with Gasteiger partial charge in [0.25, 0.3) is 5.91 Å². The standard InChI is InChI=1S/C8H7BrN2O2/c1-4-2-5(9)7-8(10-4)13-3-6(12)11-7/h2H,3H2,1H3,(H,11,12). The minimum absolute atomic E-state index is 0.0376. The van der Waals surface area contributed by atoms with Gasteiger partial charge in [0.15, 0.2) is 6.61 Å². The number of fused-ring (bicyclic) bond motifs is 1. The molecule has 13 heavy (non-hydrogen) atoms. The highest BCUT2D eigenvalue weighted by Crippen LogP contribution is 2.33. The predicted molar refractivity (Wildman–Crippen MR) is 50.8 cm³/mol. The van der Waals surface area contributed by atoms with Crippen molar-refractivity contribution in [3.05, 3.63) is 16.2 Å². The van der Waals surface area contributed by atoms with Crippen LogP contribution >= 0.6 is 15.9 Å². The van der Waals surface area contributed by atoms with Gasteiger partial charge in [-0.25, -0.2) is 4.98 Å². The largest absolute Gasteiger partial charge is 0.466 e. The van der Waals surface area contributed by atoms with Gasteiger partial charge in [-0.05, 0) is 28.9 Å². The molecule has 0 bridgehead atoms. The van der Waals surface area contributed by atoms with Gasteiger partial charge in [-0.2, -0.15) is 0 Å². The Bertz CT molecular complexity index is 379. The van der Waals surface area contributed by atoms with Crippen LogP contribution in [0.5, 0.6) is 5.88 Å². The quantitative estimate of drug-likeness (QED) is 0.750. The van der Waals surface area contributed by atoms with E-state index in [2.05, 4.69) is 26.2 Å². The Balaban J connectivity index is 2.53. The van der Waals surface area contributed by atoms with Crippen LogP contribution in [0.15, 0.2) is 10.5 Å². The lowest BCUT2D eigenvalue weighted by Crippen LogP contribution is -2.26. The number of halogens is 1. The number of amides is 1. The molecule has 0 atom stereocenters. The van der Waals surface area contributed by atoms with Gasteiger partial charge >= 0.3 is 0 Å². The Labute approximate surface area is 83.4 Å². The average molecular weight is 243 g/mol. The van der Waals surface area contributed by atoms with E-state index in [0.29, 0.717) is 11.6 Å². The second-order valence-corrected chi connectivity index (χ2v) is 3.62. The molecule has 1 aliphatic heterocycles. The van der Waals surface area contributed by atoms with E-state index in [1.807, 2.05) is 13.0 Å². The lowest BCUT2D eigenvalue weighted by molar-refractivity contribution is -0.118. The van der Waals surface area contributed by atoms with Crippen LogP contribution in [0.3, 0.4) is 0 Å². The lowest BCUT2D eigenvalue weighted by atomic mass is 10.3. The number of nitrogens with one attached hydrogen (secondary N) is 1. The Hall–Kier alpha value is -1.10. The molecule has 1 aliphatic rings. The topological polar surface area (TPSA) is 51.2 Å². The molecule has 1 aromatic heterocycles. The zero-order valence-electron chi connectivity index (χ0n) is 6.93. The van der Waals surface area contributed by atoms with Crippen LogP contribution < -0.4 is 10.1 Å². The Morgan fingerprint density at radius 3 is 3.23 bits per heavy atom. The average Bonchev–Trinajstić information content (AvgIpc) is 2.06. The number of hydrogen-bond donors (Lipinski definition) is 1. The van der Waals surface area contributed by atoms with Crippen LogP contribution in [0.2, 0.25) is 0 Å². The number of hydrogen-bond acceptors (Lipinski definition) is 3. The summed E-state index contributed by atoms with van der Waals surface area (Å²) in [6, 6.07) is 1.83. The van der Waals surface area contributed by atoms with Crippen molar-refractivity contribution in [2.45, 2.75) is 6.92 Å². The number of rotatable bonds is 0. The minimum Gasteiger partial charge on any atom is -0.466 e. The summed E-state index contributed by atoms with van der Waals surface area (Å²) in [5, 5.41) is 2.68. The number of carbonyl (C=O) groups is 1. The van der Waals surface area contributed by atoms with Crippen molar-refractivity contribution in [1.29, 1.82) is 0 Å². The van der Waals surface area contributed by atoms with Crippen LogP contribution in [0.4, 0.5) is 5.69 Å². The first-order chi connectivity index (χ1) is 6.16. The normalized spacial score (nSPS) is 14.5. The monoisotopic (exact) mass is 242 g/mol. The highest BCUT2D eigenvalue weighted by atomic mass is 79.9. The first-order valence-electron chi connectivity index (χ1n) is 3.76. The van der Waals surface area contributed by atoms with E-state index in [4.69, 9.17) is 4.74 Å². The van der Waals surface area contributed by atoms with Crippen molar-refractivity contribution in [3.8, 4) is 5.88 Å². The molecule has 2 rings (SSSR count). The highest BCUT2D eigenvalue weighted by molar-refractivity contribution is 9.10. The molecule has 1 amide bonds. The van der Waals surface area contributed by atoms with Gasteiger partial charge in [0.05, 0.1) is 0 Å². The summed E-state index contributed by atoms with van der Waals surface area (Å²) in [4.78, 5) is 15.1. The number of carbonyl (C=O) groups excluding carboxylic acids is 1. The van der Waals surface area contributed by atoms with E-state index in [-0.39, 0.29) is 12.5 Å². The molecule has 0 saturated carbocycles. The molecule has 4 nitrogen and oxygen atoms in total. The van der Waals surface area contributed by atoms with Crippen molar-refractivity contribution in [1.82, 2.24) is 4.98 Å². The molecule has 0 aliphatic carbocycles. The fourth-order valence-corrected chi connectivity index (χ4v) is 1.73. The van der Waals surface area contributed by atoms with Crippen LogP contribution in [-0.2, 0) is 4.79 Å². The summed E-state index contributed by atoms with van der Waals surface area (Å²) in [7, 11) is 0. The number of aryl methyl sites for hydroxylation is 1. The number of ether oxygens (including phenoxy) is 1. The zero-order valence-corrected chi connectivity index (χ0v) is 8.51. The number of nitrogens with zero attached hydrogens (tertiary/aromatic N) is 1. The molecule has 0 unspecified atom stereocenters. The van der Waals surface area contributed by atoms with Crippen molar-refractivity contribution in [2.24, 2.45) is 0 Å². The van der Waals surface area contributed by atoms with E-state index in [0.717, 1.165) is 10.2 Å². The predicted octanol–water partition coefficient (Wildman–Crippen LogP) is 1.48. The maximum atomic E-state index is 11.0. The van der Waals surface area contributed by atoms with Crippen LogP contribution in [0.25, 0.3) is 0 Å². The van der Waals surface area contributed by atoms with Gasteiger partial charge in [0, 0.05) is 10.2 Å². The van der Waals surface area contributed by atoms with Crippen LogP contribution in [0, 0.1) is 6.92 Å². The third kappa shape index (κ3) is 1.51. The highest BCUT2D eigenvalue weighted by Gasteiger charge is 2.19. The molecule has 1 aromatic rings. The molecular formula is C8H7BrN2O2. The van der Waals surface area contributed by atoms with Gasteiger partial charge in [0.1, 0.15) is 5.69 Å². The van der Waals surface area contributed by atoms with Gasteiger partial charge < -0.3 is 10.1 Å². The smallest absolute Gasteiger partial charge is 0.262 e. The number of anilines is 1. The maximum Gasteiger partial charge on any atom is 0.262 e. The summed E-state index contributed by atoms with van der Waals surface area (Å²) < 4.78 is 5.94. The van der Waals surface area contributed by atoms with Crippen LogP contribution in [-0.4, -0.2) is 17.5 Å². The first-order valence-corrected chi connectivity index (χ1v) is 4.56. The van der Waals surface area contributed by atoms with E-state index < -0.39 is 0 Å². The number of pyridine rings is 1. The SMILES string of the molecule is Cc1cc(Br)c2c(n1)OCC(=O)N2. The first kappa shape index (κ1) is 8.50. The molecule has 0 saturated heterocycles. The zero-order chi connectivity index (χ0) is 9.42. The van der Waals surface area contributed by atoms with Gasteiger partial charge in [0.2, 0.25) is 5.88 Å². The van der Waals surface area contributed by atoms with Crippen molar-refractivity contribution in [2.75, 3.05) is 11.9 Å². The molecular weight excluding hydrogens is 236 g/mol. The van der Waals surface area contributed by atoms with Gasteiger partial charge in [-0.1, -0.05) is 0 Å². The fourth-order valence-electron chi connectivity index (χ4n) is 1.13. The van der Waals surface area contributed by atoms with E-state index in [1.54, 1.807) is 0 Å².